The third-order valence-electron chi connectivity index (χ3n) is 14.8. The molecule has 4 aliphatic heterocycles. The van der Waals surface area contributed by atoms with Crippen molar-refractivity contribution in [3.63, 3.8) is 0 Å². The van der Waals surface area contributed by atoms with Gasteiger partial charge in [-0.05, 0) is 91.5 Å². The van der Waals surface area contributed by atoms with Crippen molar-refractivity contribution in [2.24, 2.45) is 0 Å². The molecule has 0 amide bonds. The molecule has 8 aromatic rings. The molecule has 7 nitrogen and oxygen atoms in total. The molecule has 14 rings (SSSR count). The molecule has 0 radical (unpaired) electrons. The summed E-state index contributed by atoms with van der Waals surface area (Å²) in [4.78, 5) is 9.41. The maximum absolute atomic E-state index is 5.46. The van der Waals surface area contributed by atoms with E-state index in [1.165, 1.54) is 83.8 Å². The number of hydrogen-bond acceptors (Lipinski definition) is 5. The zero-order chi connectivity index (χ0) is 40.2. The van der Waals surface area contributed by atoms with E-state index in [4.69, 9.17) is 5.10 Å². The molecule has 6 aromatic carbocycles. The molecule has 2 atom stereocenters. The van der Waals surface area contributed by atoms with Gasteiger partial charge in [-0.1, -0.05) is 121 Å². The van der Waals surface area contributed by atoms with E-state index in [0.717, 1.165) is 6.67 Å². The lowest BCUT2D eigenvalue weighted by molar-refractivity contribution is 0.132. The fraction of sp³-hybridized carbons (Fsp3) is 0.130. The van der Waals surface area contributed by atoms with Crippen molar-refractivity contribution in [2.75, 3.05) is 30.6 Å². The highest BCUT2D eigenvalue weighted by Gasteiger charge is 2.66. The van der Waals surface area contributed by atoms with Gasteiger partial charge in [0, 0.05) is 68.7 Å². The topological polar surface area (TPSA) is 35.7 Å². The Hall–Kier alpha value is -7.51. The standard InChI is InChI=1S/C54H41N7/c1-56-29-31-58(35-56)38-14-11-13-36(33-38)52(43-19-7-3-15-39(43)40-16-4-8-20-44(40)52)37-26-28-59(34-37)54-50-47(23-12-24-48(50)60-32-30-57(2)51(54)60)53(49-25-27-55-61(49)54)45-21-9-5-17-41(45)42-18-6-10-22-46(42)53/h3-34,51H,35H2,1-2H3. The number of likely N-dealkylation sites (N-methyl/N-ethyl adjacent to an activating group) is 1. The number of nitrogens with zero attached hydrogens (tertiary/aromatic N) is 7. The Bertz CT molecular complexity index is 3150. The smallest absolute Gasteiger partial charge is 0.205 e. The first-order chi connectivity index (χ1) is 30.1. The summed E-state index contributed by atoms with van der Waals surface area (Å²) in [6.07, 6.45) is 15.5. The Kier molecular flexibility index (Phi) is 6.23. The monoisotopic (exact) mass is 787 g/mol. The third kappa shape index (κ3) is 3.73. The Balaban J connectivity index is 1.07. The summed E-state index contributed by atoms with van der Waals surface area (Å²) < 4.78 is 4.91. The quantitative estimate of drug-likeness (QED) is 0.178. The van der Waals surface area contributed by atoms with Crippen molar-refractivity contribution in [2.45, 2.75) is 22.7 Å². The fourth-order valence-corrected chi connectivity index (χ4v) is 12.7. The predicted molar refractivity (Wildman–Crippen MR) is 241 cm³/mol. The van der Waals surface area contributed by atoms with Crippen LogP contribution < -0.4 is 9.80 Å². The van der Waals surface area contributed by atoms with Crippen LogP contribution in [0.3, 0.4) is 0 Å². The van der Waals surface area contributed by atoms with Crippen LogP contribution >= 0.6 is 0 Å². The summed E-state index contributed by atoms with van der Waals surface area (Å²) >= 11 is 0. The SMILES string of the molecule is CN1C=CN(c2cccc(C3(c4ccn(C56c7c(cccc7C7(c8ccccc8-c8ccccc87)c7ccnn75)N5C=CN(C)C56)c4)c4ccccc4-c4ccccc43)c2)C1. The Morgan fingerprint density at radius 3 is 1.84 bits per heavy atom. The van der Waals surface area contributed by atoms with Gasteiger partial charge in [-0.25, -0.2) is 4.68 Å². The lowest BCUT2D eigenvalue weighted by atomic mass is 9.64. The van der Waals surface area contributed by atoms with Crippen LogP contribution in [0.15, 0.2) is 195 Å². The largest absolute Gasteiger partial charge is 0.361 e. The second-order valence-electron chi connectivity index (χ2n) is 17.5. The van der Waals surface area contributed by atoms with Crippen molar-refractivity contribution in [3.8, 4) is 22.3 Å². The van der Waals surface area contributed by atoms with Crippen LogP contribution in [0.1, 0.15) is 50.2 Å². The van der Waals surface area contributed by atoms with Crippen LogP contribution in [-0.2, 0) is 16.5 Å². The molecule has 61 heavy (non-hydrogen) atoms. The molecule has 2 aliphatic carbocycles. The number of aromatic nitrogens is 3. The molecule has 0 fully saturated rings. The van der Waals surface area contributed by atoms with E-state index in [-0.39, 0.29) is 6.17 Å². The van der Waals surface area contributed by atoms with Gasteiger partial charge in [0.25, 0.3) is 0 Å². The van der Waals surface area contributed by atoms with Gasteiger partial charge in [0.15, 0.2) is 6.17 Å². The van der Waals surface area contributed by atoms with Crippen LogP contribution in [0.5, 0.6) is 0 Å². The van der Waals surface area contributed by atoms with Gasteiger partial charge in [0.05, 0.1) is 28.9 Å². The summed E-state index contributed by atoms with van der Waals surface area (Å²) in [6, 6.07) is 57.0. The lowest BCUT2D eigenvalue weighted by Crippen LogP contribution is -2.61. The molecule has 2 unspecified atom stereocenters. The van der Waals surface area contributed by atoms with Gasteiger partial charge >= 0.3 is 0 Å². The molecule has 6 aliphatic rings. The average molecular weight is 788 g/mol. The Morgan fingerprint density at radius 2 is 1.18 bits per heavy atom. The Labute approximate surface area is 354 Å². The van der Waals surface area contributed by atoms with Gasteiger partial charge in [0.1, 0.15) is 0 Å². The molecule has 292 valence electrons. The van der Waals surface area contributed by atoms with E-state index in [9.17, 15) is 0 Å². The molecule has 7 heteroatoms. The van der Waals surface area contributed by atoms with E-state index >= 15 is 0 Å². The summed E-state index contributed by atoms with van der Waals surface area (Å²) in [6.45, 7) is 0.812. The molecular formula is C54H41N7. The zero-order valence-corrected chi connectivity index (χ0v) is 33.9. The molecule has 1 spiro atoms. The highest BCUT2D eigenvalue weighted by Crippen LogP contribution is 2.65. The van der Waals surface area contributed by atoms with Gasteiger partial charge in [-0.2, -0.15) is 5.10 Å². The van der Waals surface area contributed by atoms with E-state index in [2.05, 4.69) is 232 Å². The summed E-state index contributed by atoms with van der Waals surface area (Å²) in [5.41, 5.74) is 17.1. The number of hydrogen-bond donors (Lipinski definition) is 0. The highest BCUT2D eigenvalue weighted by molar-refractivity contribution is 5.90. The van der Waals surface area contributed by atoms with Gasteiger partial charge in [-0.3, -0.25) is 0 Å². The highest BCUT2D eigenvalue weighted by atomic mass is 15.5. The van der Waals surface area contributed by atoms with E-state index in [1.807, 2.05) is 6.20 Å². The van der Waals surface area contributed by atoms with Crippen molar-refractivity contribution >= 4 is 11.4 Å². The van der Waals surface area contributed by atoms with Crippen molar-refractivity contribution in [3.05, 3.63) is 245 Å². The van der Waals surface area contributed by atoms with Gasteiger partial charge in [-0.15, -0.1) is 0 Å². The normalized spacial score (nSPS) is 20.8. The summed E-state index contributed by atoms with van der Waals surface area (Å²) in [5, 5.41) is 5.46. The Morgan fingerprint density at radius 1 is 0.557 bits per heavy atom. The predicted octanol–water partition coefficient (Wildman–Crippen LogP) is 9.72. The lowest BCUT2D eigenvalue weighted by Gasteiger charge is -2.49. The van der Waals surface area contributed by atoms with E-state index in [0.29, 0.717) is 0 Å². The number of fused-ring (bicyclic) bond motifs is 15. The summed E-state index contributed by atoms with van der Waals surface area (Å²) in [7, 11) is 4.34. The van der Waals surface area contributed by atoms with Crippen molar-refractivity contribution in [1.29, 1.82) is 0 Å². The first kappa shape index (κ1) is 33.3. The van der Waals surface area contributed by atoms with E-state index < -0.39 is 16.5 Å². The van der Waals surface area contributed by atoms with Gasteiger partial charge in [0.2, 0.25) is 5.66 Å². The zero-order valence-electron chi connectivity index (χ0n) is 33.9. The molecule has 6 heterocycles. The number of benzene rings is 6. The minimum atomic E-state index is -0.773. The molecule has 0 saturated heterocycles. The molecular weight excluding hydrogens is 747 g/mol. The van der Waals surface area contributed by atoms with Crippen LogP contribution in [-0.4, -0.2) is 51.1 Å². The first-order valence-corrected chi connectivity index (χ1v) is 21.3. The maximum atomic E-state index is 5.46. The van der Waals surface area contributed by atoms with Crippen LogP contribution in [0.4, 0.5) is 11.4 Å². The average Bonchev–Trinajstić information content (AvgIpc) is 4.18. The fourth-order valence-electron chi connectivity index (χ4n) is 12.7. The molecule has 2 aromatic heterocycles. The van der Waals surface area contributed by atoms with Crippen molar-refractivity contribution < 1.29 is 0 Å². The molecule has 0 N–H and O–H groups in total. The third-order valence-corrected chi connectivity index (χ3v) is 14.8. The van der Waals surface area contributed by atoms with Crippen molar-refractivity contribution in [1.82, 2.24) is 24.1 Å². The summed E-state index contributed by atoms with van der Waals surface area (Å²) in [5.74, 6) is 0. The molecule has 0 saturated carbocycles. The number of anilines is 2. The van der Waals surface area contributed by atoms with Crippen LogP contribution in [0, 0.1) is 0 Å². The van der Waals surface area contributed by atoms with Gasteiger partial charge < -0.3 is 24.2 Å². The maximum Gasteiger partial charge on any atom is 0.205 e. The van der Waals surface area contributed by atoms with Crippen LogP contribution in [0.2, 0.25) is 0 Å². The minimum Gasteiger partial charge on any atom is -0.361 e. The second-order valence-corrected chi connectivity index (χ2v) is 17.5. The first-order valence-electron chi connectivity index (χ1n) is 21.3. The van der Waals surface area contributed by atoms with Crippen LogP contribution in [0.25, 0.3) is 22.3 Å². The number of rotatable bonds is 4. The minimum absolute atomic E-state index is 0.117. The molecule has 0 bridgehead atoms. The second kappa shape index (κ2) is 11.4. The van der Waals surface area contributed by atoms with E-state index in [1.54, 1.807) is 0 Å².